The fourth-order valence-corrected chi connectivity index (χ4v) is 4.72. The van der Waals surface area contributed by atoms with Gasteiger partial charge in [0.05, 0.1) is 6.61 Å². The number of methoxy groups -OCH3 is 1. The third-order valence-electron chi connectivity index (χ3n) is 5.30. The third-order valence-corrected chi connectivity index (χ3v) is 7.32. The Bertz CT molecular complexity index is 986. The third kappa shape index (κ3) is 8.65. The minimum atomic E-state index is -3.52. The van der Waals surface area contributed by atoms with E-state index in [2.05, 4.69) is 21.7 Å². The number of aromatic nitrogens is 2. The molecule has 1 aliphatic rings. The topological polar surface area (TPSA) is 136 Å². The molecule has 2 unspecified atom stereocenters. The molecule has 1 aliphatic heterocycles. The molecule has 1 saturated heterocycles. The number of aromatic amines is 1. The van der Waals surface area contributed by atoms with Gasteiger partial charge in [-0.1, -0.05) is 12.2 Å². The Hall–Kier alpha value is -1.44. The molecule has 0 aliphatic carbocycles. The maximum Gasteiger partial charge on any atom is 0.330 e. The van der Waals surface area contributed by atoms with Crippen LogP contribution in [0.15, 0.2) is 34.0 Å². The number of rotatable bonds is 13. The first-order valence-electron chi connectivity index (χ1n) is 10.9. The molecule has 0 spiro atoms. The lowest BCUT2D eigenvalue weighted by molar-refractivity contribution is -0.0547. The second-order valence-electron chi connectivity index (χ2n) is 7.63. The molecular formula is C20H33N4O7PS2. The Balaban J connectivity index is 2.15. The van der Waals surface area contributed by atoms with Gasteiger partial charge in [-0.25, -0.2) is 4.79 Å². The molecule has 14 heteroatoms. The van der Waals surface area contributed by atoms with Crippen molar-refractivity contribution in [1.29, 1.82) is 0 Å². The highest BCUT2D eigenvalue weighted by Crippen LogP contribution is 2.50. The number of allylic oxidation sites excluding steroid dienone is 2. The molecule has 0 amide bonds. The predicted octanol–water partition coefficient (Wildman–Crippen LogP) is 1.16. The van der Waals surface area contributed by atoms with Crippen LogP contribution in [-0.2, 0) is 30.3 Å². The number of thiocarbonyl (C=S) groups is 1. The number of nitrogens with zero attached hydrogens (tertiary/aromatic N) is 1. The van der Waals surface area contributed by atoms with E-state index in [1.165, 1.54) is 31.0 Å². The van der Waals surface area contributed by atoms with E-state index in [0.29, 0.717) is 11.5 Å². The summed E-state index contributed by atoms with van der Waals surface area (Å²) in [7, 11) is 4.56. The van der Waals surface area contributed by atoms with Crippen LogP contribution in [0, 0.1) is 5.92 Å². The Labute approximate surface area is 209 Å². The van der Waals surface area contributed by atoms with Gasteiger partial charge in [-0.15, -0.1) is 0 Å². The van der Waals surface area contributed by atoms with Crippen molar-refractivity contribution >= 4 is 35.9 Å². The van der Waals surface area contributed by atoms with Crippen LogP contribution < -0.4 is 21.9 Å². The van der Waals surface area contributed by atoms with Crippen LogP contribution >= 0.6 is 18.9 Å². The van der Waals surface area contributed by atoms with E-state index in [1.807, 2.05) is 6.08 Å². The molecule has 1 fully saturated rings. The summed E-state index contributed by atoms with van der Waals surface area (Å²) in [6.07, 6.45) is 6.59. The molecule has 5 atom stereocenters. The van der Waals surface area contributed by atoms with Crippen molar-refractivity contribution < 1.29 is 23.4 Å². The molecule has 2 heterocycles. The van der Waals surface area contributed by atoms with Crippen molar-refractivity contribution in [2.24, 2.45) is 5.92 Å². The van der Waals surface area contributed by atoms with Gasteiger partial charge in [0.15, 0.2) is 5.11 Å². The predicted molar refractivity (Wildman–Crippen MR) is 136 cm³/mol. The highest BCUT2D eigenvalue weighted by Gasteiger charge is 2.48. The van der Waals surface area contributed by atoms with Crippen molar-refractivity contribution in [2.75, 3.05) is 34.4 Å². The monoisotopic (exact) mass is 536 g/mol. The summed E-state index contributed by atoms with van der Waals surface area (Å²) in [6, 6.07) is 1.25. The molecule has 0 saturated carbocycles. The number of hydrogen-bond acceptors (Lipinski definition) is 8. The summed E-state index contributed by atoms with van der Waals surface area (Å²) in [4.78, 5) is 36.5. The Kier molecular flexibility index (Phi) is 12.0. The molecule has 4 N–H and O–H groups in total. The van der Waals surface area contributed by atoms with Gasteiger partial charge in [-0.2, -0.15) is 0 Å². The lowest BCUT2D eigenvalue weighted by Gasteiger charge is -2.26. The van der Waals surface area contributed by atoms with E-state index >= 15 is 0 Å². The van der Waals surface area contributed by atoms with Crippen LogP contribution in [0.3, 0.4) is 0 Å². The Morgan fingerprint density at radius 1 is 1.35 bits per heavy atom. The van der Waals surface area contributed by atoms with E-state index < -0.39 is 42.3 Å². The second-order valence-corrected chi connectivity index (χ2v) is 10.9. The zero-order valence-electron chi connectivity index (χ0n) is 19.5. The normalized spacial score (nSPS) is 24.2. The average Bonchev–Trinajstić information content (AvgIpc) is 3.11. The van der Waals surface area contributed by atoms with Crippen LogP contribution in [0.1, 0.15) is 31.9 Å². The van der Waals surface area contributed by atoms with E-state index in [4.69, 9.17) is 42.5 Å². The number of H-pyrrole nitrogens is 1. The lowest BCUT2D eigenvalue weighted by atomic mass is 9.95. The van der Waals surface area contributed by atoms with Gasteiger partial charge in [0.2, 0.25) is 0 Å². The zero-order chi connectivity index (χ0) is 25.1. The van der Waals surface area contributed by atoms with Crippen LogP contribution in [0.25, 0.3) is 0 Å². The van der Waals surface area contributed by atoms with E-state index in [-0.39, 0.29) is 6.61 Å². The molecule has 34 heavy (non-hydrogen) atoms. The molecule has 0 radical (unpaired) electrons. The van der Waals surface area contributed by atoms with Crippen molar-refractivity contribution in [3.05, 3.63) is 45.3 Å². The largest absolute Gasteiger partial charge is 0.382 e. The first-order valence-corrected chi connectivity index (χ1v) is 13.9. The van der Waals surface area contributed by atoms with Crippen molar-refractivity contribution in [2.45, 2.75) is 44.1 Å². The van der Waals surface area contributed by atoms with E-state index in [9.17, 15) is 14.5 Å². The molecule has 11 nitrogen and oxygen atoms in total. The van der Waals surface area contributed by atoms with Gasteiger partial charge >= 0.3 is 12.4 Å². The van der Waals surface area contributed by atoms with Gasteiger partial charge in [0, 0.05) is 46.0 Å². The Morgan fingerprint density at radius 3 is 2.76 bits per heavy atom. The average molecular weight is 537 g/mol. The van der Waals surface area contributed by atoms with Crippen LogP contribution in [0.4, 0.5) is 0 Å². The van der Waals surface area contributed by atoms with Gasteiger partial charge in [-0.05, 0) is 49.7 Å². The molecule has 2 rings (SSSR count). The molecular weight excluding hydrogens is 503 g/mol. The zero-order valence-corrected chi connectivity index (χ0v) is 22.0. The number of unbranched alkanes of at least 4 members (excludes halogenated alkanes) is 2. The van der Waals surface area contributed by atoms with Crippen LogP contribution in [0.5, 0.6) is 0 Å². The maximum atomic E-state index is 12.5. The second kappa shape index (κ2) is 14.2. The van der Waals surface area contributed by atoms with Gasteiger partial charge in [-0.3, -0.25) is 14.3 Å². The Morgan fingerprint density at radius 2 is 2.12 bits per heavy atom. The van der Waals surface area contributed by atoms with Gasteiger partial charge < -0.3 is 34.0 Å². The summed E-state index contributed by atoms with van der Waals surface area (Å²) in [6.45, 7) is -2.58. The summed E-state index contributed by atoms with van der Waals surface area (Å²) < 4.78 is 23.4. The summed E-state index contributed by atoms with van der Waals surface area (Å²) in [5.74, 6) is -0.403. The van der Waals surface area contributed by atoms with Crippen molar-refractivity contribution in [1.82, 2.24) is 20.2 Å². The summed E-state index contributed by atoms with van der Waals surface area (Å²) in [5.41, 5.74) is -1.11. The van der Waals surface area contributed by atoms with E-state index in [1.54, 1.807) is 7.05 Å². The fourth-order valence-electron chi connectivity index (χ4n) is 3.64. The SMILES string of the molecule is CNC(=S)NCCCC/C=C/C[C@H]1C(OP(O)(=S)OC)[C@@H](COC)O[C@H]1n1ccc(=O)[nH]c1=O. The number of nitrogens with one attached hydrogen (secondary N) is 3. The van der Waals surface area contributed by atoms with Gasteiger partial charge in [0.1, 0.15) is 18.4 Å². The van der Waals surface area contributed by atoms with Gasteiger partial charge in [0.25, 0.3) is 5.56 Å². The first kappa shape index (κ1) is 28.8. The highest BCUT2D eigenvalue weighted by atomic mass is 32.5. The summed E-state index contributed by atoms with van der Waals surface area (Å²) in [5, 5.41) is 6.59. The number of ether oxygens (including phenoxy) is 2. The highest BCUT2D eigenvalue weighted by molar-refractivity contribution is 8.07. The molecule has 1 aromatic heterocycles. The number of hydrogen-bond donors (Lipinski definition) is 4. The standard InChI is InChI=1S/C20H33N4O7PS2/c1-21-19(33)22-11-8-6-4-5-7-9-14-17(31-32(27,34)29-3)15(13-28-2)30-18(14)24-12-10-16(25)23-20(24)26/h5,7,10,12,14-15,17-18H,4,6,8-9,11,13H2,1-3H3,(H,27,34)(H2,21,22,33)(H,23,25,26)/b7-5+/t14-,15+,17?,18+,32?/m0/s1. The first-order chi connectivity index (χ1) is 16.2. The molecule has 0 aromatic carbocycles. The summed E-state index contributed by atoms with van der Waals surface area (Å²) >= 11 is 10.1. The minimum absolute atomic E-state index is 0.153. The lowest BCUT2D eigenvalue weighted by Crippen LogP contribution is -2.35. The van der Waals surface area contributed by atoms with Crippen LogP contribution in [-0.4, -0.2) is 66.2 Å². The fraction of sp³-hybridized carbons (Fsp3) is 0.650. The van der Waals surface area contributed by atoms with E-state index in [0.717, 1.165) is 25.8 Å². The minimum Gasteiger partial charge on any atom is -0.382 e. The van der Waals surface area contributed by atoms with Crippen molar-refractivity contribution in [3.8, 4) is 0 Å². The molecule has 192 valence electrons. The molecule has 1 aromatic rings. The van der Waals surface area contributed by atoms with Crippen molar-refractivity contribution in [3.63, 3.8) is 0 Å². The van der Waals surface area contributed by atoms with Crippen LogP contribution in [0.2, 0.25) is 0 Å². The molecule has 0 bridgehead atoms. The quantitative estimate of drug-likeness (QED) is 0.125. The smallest absolute Gasteiger partial charge is 0.330 e. The maximum absolute atomic E-state index is 12.5.